The molecular weight excluding hydrogens is 541 g/mol. The van der Waals surface area contributed by atoms with Crippen molar-refractivity contribution in [1.29, 1.82) is 0 Å². The van der Waals surface area contributed by atoms with Crippen LogP contribution in [0.2, 0.25) is 0 Å². The van der Waals surface area contributed by atoms with Crippen molar-refractivity contribution in [2.75, 3.05) is 18.9 Å². The largest absolute Gasteiger partial charge is 0.416 e. The highest BCUT2D eigenvalue weighted by Gasteiger charge is 2.30. The number of nitrogens with zero attached hydrogens (tertiary/aromatic N) is 1. The Labute approximate surface area is 232 Å². The van der Waals surface area contributed by atoms with E-state index < -0.39 is 27.6 Å². The SMILES string of the molecule is CCS(=O)(=O)c1ccc([C@H](CO)NC(=O)c2ccc(C3CCCCN3Cc3ccc(C(F)(F)F)cc3)cc2)cc1. The van der Waals surface area contributed by atoms with Gasteiger partial charge in [0.15, 0.2) is 9.84 Å². The summed E-state index contributed by atoms with van der Waals surface area (Å²) in [6.45, 7) is 2.56. The van der Waals surface area contributed by atoms with Gasteiger partial charge in [0.25, 0.3) is 5.91 Å². The first-order valence-corrected chi connectivity index (χ1v) is 14.9. The first kappa shape index (κ1) is 29.8. The van der Waals surface area contributed by atoms with Gasteiger partial charge in [-0.3, -0.25) is 9.69 Å². The van der Waals surface area contributed by atoms with Crippen molar-refractivity contribution in [3.05, 3.63) is 101 Å². The lowest BCUT2D eigenvalue weighted by molar-refractivity contribution is -0.137. The van der Waals surface area contributed by atoms with Crippen LogP contribution in [0.25, 0.3) is 0 Å². The van der Waals surface area contributed by atoms with Crippen molar-refractivity contribution in [3.63, 3.8) is 0 Å². The van der Waals surface area contributed by atoms with Crippen LogP contribution >= 0.6 is 0 Å². The fraction of sp³-hybridized carbons (Fsp3) is 0.367. The molecule has 0 aliphatic carbocycles. The van der Waals surface area contributed by atoms with E-state index in [4.69, 9.17) is 0 Å². The van der Waals surface area contributed by atoms with Crippen LogP contribution in [0.1, 0.15) is 70.9 Å². The van der Waals surface area contributed by atoms with Gasteiger partial charge in [-0.2, -0.15) is 13.2 Å². The van der Waals surface area contributed by atoms with Crippen molar-refractivity contribution < 1.29 is 31.5 Å². The predicted octanol–water partition coefficient (Wildman–Crippen LogP) is 5.69. The van der Waals surface area contributed by atoms with Crippen LogP contribution in [0.15, 0.2) is 77.7 Å². The smallest absolute Gasteiger partial charge is 0.394 e. The van der Waals surface area contributed by atoms with Gasteiger partial charge in [-0.1, -0.05) is 49.7 Å². The molecule has 1 heterocycles. The van der Waals surface area contributed by atoms with Crippen LogP contribution in [0.5, 0.6) is 0 Å². The molecule has 0 spiro atoms. The van der Waals surface area contributed by atoms with Crippen LogP contribution in [0.4, 0.5) is 13.2 Å². The molecule has 10 heteroatoms. The maximum atomic E-state index is 12.9. The summed E-state index contributed by atoms with van der Waals surface area (Å²) in [5, 5.41) is 12.7. The minimum absolute atomic E-state index is 0.0177. The first-order valence-electron chi connectivity index (χ1n) is 13.3. The second kappa shape index (κ2) is 12.5. The number of hydrogen-bond donors (Lipinski definition) is 2. The Morgan fingerprint density at radius 1 is 1.00 bits per heavy atom. The van der Waals surface area contributed by atoms with Gasteiger partial charge in [0, 0.05) is 18.2 Å². The minimum atomic E-state index is -4.36. The summed E-state index contributed by atoms with van der Waals surface area (Å²) >= 11 is 0. The van der Waals surface area contributed by atoms with E-state index in [1.54, 1.807) is 31.2 Å². The third kappa shape index (κ3) is 7.10. The molecule has 214 valence electrons. The number of amides is 1. The summed E-state index contributed by atoms with van der Waals surface area (Å²) in [6.07, 6.45) is -1.42. The van der Waals surface area contributed by atoms with Gasteiger partial charge in [0.05, 0.1) is 28.9 Å². The number of sulfone groups is 1. The number of piperidine rings is 1. The molecule has 1 aliphatic rings. The van der Waals surface area contributed by atoms with E-state index in [0.717, 1.165) is 49.1 Å². The molecular formula is C30H33F3N2O4S. The molecule has 1 amide bonds. The highest BCUT2D eigenvalue weighted by molar-refractivity contribution is 7.91. The van der Waals surface area contributed by atoms with Crippen LogP contribution in [0, 0.1) is 0 Å². The highest BCUT2D eigenvalue weighted by Crippen LogP contribution is 2.33. The fourth-order valence-electron chi connectivity index (χ4n) is 5.00. The molecule has 3 aromatic rings. The minimum Gasteiger partial charge on any atom is -0.394 e. The van der Waals surface area contributed by atoms with E-state index >= 15 is 0 Å². The maximum Gasteiger partial charge on any atom is 0.416 e. The number of halogens is 3. The molecule has 1 fully saturated rings. The third-order valence-corrected chi connectivity index (χ3v) is 9.10. The summed E-state index contributed by atoms with van der Waals surface area (Å²) in [5.74, 6) is -0.392. The molecule has 3 aromatic carbocycles. The molecule has 1 aliphatic heterocycles. The van der Waals surface area contributed by atoms with Crippen LogP contribution in [-0.2, 0) is 22.6 Å². The van der Waals surface area contributed by atoms with Crippen LogP contribution in [-0.4, -0.2) is 43.2 Å². The zero-order chi connectivity index (χ0) is 28.9. The van der Waals surface area contributed by atoms with Crippen molar-refractivity contribution >= 4 is 15.7 Å². The second-order valence-electron chi connectivity index (χ2n) is 9.98. The highest BCUT2D eigenvalue weighted by atomic mass is 32.2. The van der Waals surface area contributed by atoms with Crippen molar-refractivity contribution in [2.24, 2.45) is 0 Å². The molecule has 0 bridgehead atoms. The molecule has 1 unspecified atom stereocenters. The van der Waals surface area contributed by atoms with E-state index in [1.807, 2.05) is 12.1 Å². The first-order chi connectivity index (χ1) is 19.0. The van der Waals surface area contributed by atoms with E-state index in [-0.39, 0.29) is 29.2 Å². The fourth-order valence-corrected chi connectivity index (χ4v) is 5.88. The van der Waals surface area contributed by atoms with E-state index in [9.17, 15) is 31.5 Å². The maximum absolute atomic E-state index is 12.9. The van der Waals surface area contributed by atoms with E-state index in [1.165, 1.54) is 24.3 Å². The van der Waals surface area contributed by atoms with Crippen molar-refractivity contribution in [3.8, 4) is 0 Å². The number of carbonyl (C=O) groups is 1. The Morgan fingerprint density at radius 2 is 1.65 bits per heavy atom. The Kier molecular flexibility index (Phi) is 9.33. The average Bonchev–Trinajstić information content (AvgIpc) is 2.96. The molecule has 2 atom stereocenters. The lowest BCUT2D eigenvalue weighted by Crippen LogP contribution is -2.33. The Hall–Kier alpha value is -3.21. The number of carbonyl (C=O) groups excluding carboxylic acids is 1. The summed E-state index contributed by atoms with van der Waals surface area (Å²) in [6, 6.07) is 18.0. The van der Waals surface area contributed by atoms with Crippen LogP contribution in [0.3, 0.4) is 0 Å². The zero-order valence-electron chi connectivity index (χ0n) is 22.2. The summed E-state index contributed by atoms with van der Waals surface area (Å²) in [5.41, 5.74) is 2.17. The molecule has 0 saturated carbocycles. The van der Waals surface area contributed by atoms with Gasteiger partial charge in [0.2, 0.25) is 0 Å². The van der Waals surface area contributed by atoms with Gasteiger partial charge >= 0.3 is 6.18 Å². The van der Waals surface area contributed by atoms with Gasteiger partial charge in [-0.05, 0) is 72.5 Å². The lowest BCUT2D eigenvalue weighted by Gasteiger charge is -2.36. The van der Waals surface area contributed by atoms with E-state index in [2.05, 4.69) is 10.2 Å². The Morgan fingerprint density at radius 3 is 2.23 bits per heavy atom. The van der Waals surface area contributed by atoms with Gasteiger partial charge < -0.3 is 10.4 Å². The number of rotatable bonds is 9. The quantitative estimate of drug-likeness (QED) is 0.343. The second-order valence-corrected chi connectivity index (χ2v) is 12.3. The number of alkyl halides is 3. The summed E-state index contributed by atoms with van der Waals surface area (Å²) < 4.78 is 62.9. The van der Waals surface area contributed by atoms with Gasteiger partial charge in [-0.25, -0.2) is 8.42 Å². The molecule has 4 rings (SSSR count). The topological polar surface area (TPSA) is 86.7 Å². The van der Waals surface area contributed by atoms with E-state index in [0.29, 0.717) is 17.7 Å². The molecule has 2 N–H and O–H groups in total. The van der Waals surface area contributed by atoms with Crippen LogP contribution < -0.4 is 5.32 Å². The average molecular weight is 575 g/mol. The molecule has 6 nitrogen and oxygen atoms in total. The van der Waals surface area contributed by atoms with Crippen molar-refractivity contribution in [2.45, 2.75) is 55.9 Å². The third-order valence-electron chi connectivity index (χ3n) is 7.35. The monoisotopic (exact) mass is 574 g/mol. The summed E-state index contributed by atoms with van der Waals surface area (Å²) in [4.78, 5) is 15.4. The molecule has 0 radical (unpaired) electrons. The number of hydrogen-bond acceptors (Lipinski definition) is 5. The number of nitrogens with one attached hydrogen (secondary N) is 1. The number of likely N-dealkylation sites (tertiary alicyclic amines) is 1. The summed E-state index contributed by atoms with van der Waals surface area (Å²) in [7, 11) is -3.35. The van der Waals surface area contributed by atoms with Gasteiger partial charge in [-0.15, -0.1) is 0 Å². The Balaban J connectivity index is 1.42. The zero-order valence-corrected chi connectivity index (χ0v) is 23.0. The molecule has 0 aromatic heterocycles. The lowest BCUT2D eigenvalue weighted by atomic mass is 9.93. The normalized spacial score (nSPS) is 17.4. The molecule has 1 saturated heterocycles. The number of aliphatic hydroxyl groups is 1. The van der Waals surface area contributed by atoms with Crippen molar-refractivity contribution in [1.82, 2.24) is 10.2 Å². The standard InChI is InChI=1S/C30H33F3N2O4S/c1-2-40(38,39)26-16-12-22(13-17-26)27(20-36)34-29(37)24-10-8-23(9-11-24)28-5-3-4-18-35(28)19-21-6-14-25(15-7-21)30(31,32)33/h6-17,27-28,36H,2-5,18-20H2,1H3,(H,34,37)/t27-,28?/m0/s1. The number of aliphatic hydroxyl groups excluding tert-OH is 1. The van der Waals surface area contributed by atoms with Gasteiger partial charge in [0.1, 0.15) is 0 Å². The number of benzene rings is 3. The predicted molar refractivity (Wildman–Crippen MR) is 146 cm³/mol. The molecule has 40 heavy (non-hydrogen) atoms. The Bertz CT molecular complexity index is 1390.